The lowest BCUT2D eigenvalue weighted by atomic mass is 10.2. The summed E-state index contributed by atoms with van der Waals surface area (Å²) in [5, 5.41) is 3.04. The Bertz CT molecular complexity index is 440. The Morgan fingerprint density at radius 1 is 1.38 bits per heavy atom. The lowest BCUT2D eigenvalue weighted by molar-refractivity contribution is 0.565. The second-order valence-corrected chi connectivity index (χ2v) is 6.22. The van der Waals surface area contributed by atoms with Crippen LogP contribution in [0.15, 0.2) is 29.2 Å². The first-order valence-corrected chi connectivity index (χ1v) is 7.07. The number of benzene rings is 1. The lowest BCUT2D eigenvalue weighted by Crippen LogP contribution is -2.24. The molecule has 1 rings (SSSR count). The minimum atomic E-state index is -3.13. The number of hydrogen-bond acceptors (Lipinski definition) is 3. The van der Waals surface area contributed by atoms with Crippen molar-refractivity contribution < 1.29 is 8.42 Å². The second-order valence-electron chi connectivity index (χ2n) is 4.11. The van der Waals surface area contributed by atoms with Gasteiger partial charge in [0.05, 0.1) is 10.6 Å². The molecule has 0 aliphatic rings. The summed E-state index contributed by atoms with van der Waals surface area (Å²) in [4.78, 5) is 0.427. The molecule has 1 atom stereocenters. The van der Waals surface area contributed by atoms with Crippen LogP contribution >= 0.6 is 0 Å². The van der Waals surface area contributed by atoms with Crippen LogP contribution in [0.2, 0.25) is 0 Å². The fourth-order valence-corrected chi connectivity index (χ4v) is 2.95. The Morgan fingerprint density at radius 2 is 2.06 bits per heavy atom. The van der Waals surface area contributed by atoms with Gasteiger partial charge in [-0.15, -0.1) is 0 Å². The molecule has 4 heteroatoms. The lowest BCUT2D eigenvalue weighted by Gasteiger charge is -2.10. The standard InChI is InChI=1S/C12H19NO2S/c1-10-5-4-6-12(9-10)16(14,15)8-7-11(2)13-3/h4-6,9,11,13H,7-8H2,1-3H3. The van der Waals surface area contributed by atoms with E-state index in [-0.39, 0.29) is 11.8 Å². The van der Waals surface area contributed by atoms with Crippen molar-refractivity contribution in [2.45, 2.75) is 31.2 Å². The van der Waals surface area contributed by atoms with Gasteiger partial charge in [-0.3, -0.25) is 0 Å². The molecule has 1 unspecified atom stereocenters. The molecule has 0 saturated heterocycles. The SMILES string of the molecule is CNC(C)CCS(=O)(=O)c1cccc(C)c1. The van der Waals surface area contributed by atoms with E-state index in [2.05, 4.69) is 5.32 Å². The van der Waals surface area contributed by atoms with Crippen LogP contribution in [-0.2, 0) is 9.84 Å². The van der Waals surface area contributed by atoms with Crippen LogP contribution < -0.4 is 5.32 Å². The van der Waals surface area contributed by atoms with E-state index in [0.717, 1.165) is 5.56 Å². The molecule has 0 amide bonds. The molecular formula is C12H19NO2S. The van der Waals surface area contributed by atoms with Crippen LogP contribution in [0.5, 0.6) is 0 Å². The first-order valence-electron chi connectivity index (χ1n) is 5.42. The van der Waals surface area contributed by atoms with Gasteiger partial charge in [-0.05, 0) is 45.0 Å². The van der Waals surface area contributed by atoms with Crippen molar-refractivity contribution in [3.63, 3.8) is 0 Å². The van der Waals surface area contributed by atoms with Crippen molar-refractivity contribution in [2.75, 3.05) is 12.8 Å². The highest BCUT2D eigenvalue weighted by atomic mass is 32.2. The maximum Gasteiger partial charge on any atom is 0.178 e. The Hall–Kier alpha value is -0.870. The highest BCUT2D eigenvalue weighted by molar-refractivity contribution is 7.91. The van der Waals surface area contributed by atoms with Gasteiger partial charge in [0.2, 0.25) is 0 Å². The average molecular weight is 241 g/mol. The minimum Gasteiger partial charge on any atom is -0.317 e. The summed E-state index contributed by atoms with van der Waals surface area (Å²) in [6.45, 7) is 3.88. The van der Waals surface area contributed by atoms with Crippen LogP contribution in [0.4, 0.5) is 0 Å². The number of rotatable bonds is 5. The molecule has 16 heavy (non-hydrogen) atoms. The van der Waals surface area contributed by atoms with Gasteiger partial charge in [0, 0.05) is 6.04 Å². The van der Waals surface area contributed by atoms with E-state index >= 15 is 0 Å². The normalized spacial score (nSPS) is 13.7. The van der Waals surface area contributed by atoms with Gasteiger partial charge in [0.25, 0.3) is 0 Å². The van der Waals surface area contributed by atoms with E-state index in [1.807, 2.05) is 27.0 Å². The predicted molar refractivity (Wildman–Crippen MR) is 66.4 cm³/mol. The predicted octanol–water partition coefficient (Wildman–Crippen LogP) is 1.77. The zero-order valence-corrected chi connectivity index (χ0v) is 10.8. The molecule has 1 aromatic rings. The average Bonchev–Trinajstić information content (AvgIpc) is 2.26. The zero-order valence-electron chi connectivity index (χ0n) is 10.0. The fourth-order valence-electron chi connectivity index (χ4n) is 1.40. The third kappa shape index (κ3) is 3.61. The summed E-state index contributed by atoms with van der Waals surface area (Å²) in [5.74, 6) is 0.193. The van der Waals surface area contributed by atoms with Crippen LogP contribution in [-0.4, -0.2) is 27.3 Å². The van der Waals surface area contributed by atoms with E-state index in [1.165, 1.54) is 0 Å². The smallest absolute Gasteiger partial charge is 0.178 e. The maximum absolute atomic E-state index is 12.0. The van der Waals surface area contributed by atoms with Crippen molar-refractivity contribution in [1.82, 2.24) is 5.32 Å². The molecule has 0 fully saturated rings. The largest absolute Gasteiger partial charge is 0.317 e. The van der Waals surface area contributed by atoms with Gasteiger partial charge in [0.15, 0.2) is 9.84 Å². The van der Waals surface area contributed by atoms with Crippen LogP contribution in [0.3, 0.4) is 0 Å². The van der Waals surface area contributed by atoms with Gasteiger partial charge in [0.1, 0.15) is 0 Å². The molecule has 0 saturated carbocycles. The summed E-state index contributed by atoms with van der Waals surface area (Å²) >= 11 is 0. The second kappa shape index (κ2) is 5.46. The molecule has 0 heterocycles. The number of nitrogens with one attached hydrogen (secondary N) is 1. The monoisotopic (exact) mass is 241 g/mol. The number of sulfone groups is 1. The molecule has 3 nitrogen and oxygen atoms in total. The molecule has 1 N–H and O–H groups in total. The number of aryl methyl sites for hydroxylation is 1. The summed E-state index contributed by atoms with van der Waals surface area (Å²) < 4.78 is 24.0. The minimum absolute atomic E-state index is 0.193. The van der Waals surface area contributed by atoms with Gasteiger partial charge < -0.3 is 5.32 Å². The zero-order chi connectivity index (χ0) is 12.2. The summed E-state index contributed by atoms with van der Waals surface area (Å²) in [6, 6.07) is 7.28. The summed E-state index contributed by atoms with van der Waals surface area (Å²) in [5.41, 5.74) is 0.975. The highest BCUT2D eigenvalue weighted by Crippen LogP contribution is 2.14. The van der Waals surface area contributed by atoms with Crippen LogP contribution in [0.1, 0.15) is 18.9 Å². The first-order chi connectivity index (χ1) is 7.45. The Morgan fingerprint density at radius 3 is 2.62 bits per heavy atom. The van der Waals surface area contributed by atoms with Gasteiger partial charge in [-0.2, -0.15) is 0 Å². The molecule has 90 valence electrons. The topological polar surface area (TPSA) is 46.2 Å². The van der Waals surface area contributed by atoms with Crippen LogP contribution in [0, 0.1) is 6.92 Å². The molecule has 0 aromatic heterocycles. The van der Waals surface area contributed by atoms with E-state index in [9.17, 15) is 8.42 Å². The highest BCUT2D eigenvalue weighted by Gasteiger charge is 2.15. The molecule has 0 radical (unpaired) electrons. The quantitative estimate of drug-likeness (QED) is 0.854. The van der Waals surface area contributed by atoms with E-state index in [4.69, 9.17) is 0 Å². The number of hydrogen-bond donors (Lipinski definition) is 1. The molecule has 0 aliphatic carbocycles. The third-order valence-corrected chi connectivity index (χ3v) is 4.41. The molecule has 1 aromatic carbocycles. The van der Waals surface area contributed by atoms with Crippen molar-refractivity contribution in [1.29, 1.82) is 0 Å². The first kappa shape index (κ1) is 13.2. The molecular weight excluding hydrogens is 222 g/mol. The Kier molecular flexibility index (Phi) is 4.50. The summed E-state index contributed by atoms with van der Waals surface area (Å²) in [7, 11) is -1.29. The molecule has 0 spiro atoms. The van der Waals surface area contributed by atoms with E-state index < -0.39 is 9.84 Å². The maximum atomic E-state index is 12.0. The summed E-state index contributed by atoms with van der Waals surface area (Å²) in [6.07, 6.45) is 0.632. The van der Waals surface area contributed by atoms with E-state index in [1.54, 1.807) is 18.2 Å². The van der Waals surface area contributed by atoms with Gasteiger partial charge in [-0.1, -0.05) is 12.1 Å². The fraction of sp³-hybridized carbons (Fsp3) is 0.500. The van der Waals surface area contributed by atoms with Crippen molar-refractivity contribution in [3.8, 4) is 0 Å². The molecule has 0 bridgehead atoms. The van der Waals surface area contributed by atoms with Crippen molar-refractivity contribution in [2.24, 2.45) is 0 Å². The van der Waals surface area contributed by atoms with E-state index in [0.29, 0.717) is 11.3 Å². The Balaban J connectivity index is 2.78. The van der Waals surface area contributed by atoms with Gasteiger partial charge >= 0.3 is 0 Å². The van der Waals surface area contributed by atoms with Crippen molar-refractivity contribution in [3.05, 3.63) is 29.8 Å². The van der Waals surface area contributed by atoms with Crippen molar-refractivity contribution >= 4 is 9.84 Å². The third-order valence-electron chi connectivity index (χ3n) is 2.66. The van der Waals surface area contributed by atoms with Gasteiger partial charge in [-0.25, -0.2) is 8.42 Å². The molecule has 0 aliphatic heterocycles. The van der Waals surface area contributed by atoms with Crippen LogP contribution in [0.25, 0.3) is 0 Å². The Labute approximate surface area is 97.8 Å².